The Bertz CT molecular complexity index is 919. The minimum atomic E-state index is -3.21. The van der Waals surface area contributed by atoms with E-state index in [0.29, 0.717) is 11.1 Å². The third-order valence-electron chi connectivity index (χ3n) is 3.32. The molecule has 0 spiro atoms. The van der Waals surface area contributed by atoms with E-state index in [1.165, 1.54) is 12.5 Å². The number of furan rings is 1. The van der Waals surface area contributed by atoms with Crippen molar-refractivity contribution < 1.29 is 17.6 Å². The van der Waals surface area contributed by atoms with Crippen molar-refractivity contribution in [3.63, 3.8) is 0 Å². The van der Waals surface area contributed by atoms with E-state index in [9.17, 15) is 13.2 Å². The summed E-state index contributed by atoms with van der Waals surface area (Å²) in [5.41, 5.74) is 2.71. The SMILES string of the molecule is CS(=O)(=O)c1ccc(-c2cc(C=O)c3occc3c2)cc1. The van der Waals surface area contributed by atoms with E-state index in [0.717, 1.165) is 22.8 Å². The standard InChI is InChI=1S/C16H12O4S/c1-21(18,19)15-4-2-11(3-5-15)13-8-12-6-7-20-16(12)14(9-13)10-17/h2-10H,1H3. The maximum atomic E-state index is 11.5. The van der Waals surface area contributed by atoms with Crippen molar-refractivity contribution in [3.05, 3.63) is 54.3 Å². The fourth-order valence-electron chi connectivity index (χ4n) is 2.26. The summed E-state index contributed by atoms with van der Waals surface area (Å²) in [6, 6.07) is 12.0. The lowest BCUT2D eigenvalue weighted by atomic mass is 10.0. The summed E-state index contributed by atoms with van der Waals surface area (Å²) in [5.74, 6) is 0. The van der Waals surface area contributed by atoms with Crippen molar-refractivity contribution in [1.82, 2.24) is 0 Å². The van der Waals surface area contributed by atoms with Gasteiger partial charge in [-0.25, -0.2) is 8.42 Å². The van der Waals surface area contributed by atoms with Gasteiger partial charge in [0, 0.05) is 11.6 Å². The summed E-state index contributed by atoms with van der Waals surface area (Å²) in [6.45, 7) is 0. The molecule has 0 bridgehead atoms. The number of carbonyl (C=O) groups is 1. The molecule has 0 saturated carbocycles. The predicted molar refractivity (Wildman–Crippen MR) is 80.1 cm³/mol. The molecule has 0 saturated heterocycles. The first kappa shape index (κ1) is 13.6. The third-order valence-corrected chi connectivity index (χ3v) is 4.45. The molecular weight excluding hydrogens is 288 g/mol. The molecule has 0 amide bonds. The van der Waals surface area contributed by atoms with Gasteiger partial charge in [0.15, 0.2) is 16.1 Å². The first-order valence-corrected chi connectivity index (χ1v) is 8.15. The van der Waals surface area contributed by atoms with Crippen molar-refractivity contribution in [2.75, 3.05) is 6.26 Å². The molecule has 2 aromatic carbocycles. The van der Waals surface area contributed by atoms with Crippen LogP contribution in [0.1, 0.15) is 10.4 Å². The summed E-state index contributed by atoms with van der Waals surface area (Å²) in [6.07, 6.45) is 3.46. The number of aldehydes is 1. The van der Waals surface area contributed by atoms with Gasteiger partial charge in [-0.1, -0.05) is 12.1 Å². The average molecular weight is 300 g/mol. The quantitative estimate of drug-likeness (QED) is 0.696. The summed E-state index contributed by atoms with van der Waals surface area (Å²) >= 11 is 0. The number of hydrogen-bond donors (Lipinski definition) is 0. The first-order chi connectivity index (χ1) is 9.99. The second-order valence-electron chi connectivity index (χ2n) is 4.82. The summed E-state index contributed by atoms with van der Waals surface area (Å²) in [4.78, 5) is 11.4. The molecule has 5 heteroatoms. The molecule has 0 aliphatic carbocycles. The first-order valence-electron chi connectivity index (χ1n) is 6.26. The maximum Gasteiger partial charge on any atom is 0.175 e. The molecule has 0 N–H and O–H groups in total. The van der Waals surface area contributed by atoms with E-state index in [4.69, 9.17) is 4.42 Å². The molecule has 0 aliphatic rings. The highest BCUT2D eigenvalue weighted by atomic mass is 32.2. The lowest BCUT2D eigenvalue weighted by Gasteiger charge is -2.05. The Morgan fingerprint density at radius 1 is 1.00 bits per heavy atom. The van der Waals surface area contributed by atoms with Crippen LogP contribution in [-0.2, 0) is 9.84 Å². The zero-order chi connectivity index (χ0) is 15.0. The summed E-state index contributed by atoms with van der Waals surface area (Å²) in [7, 11) is -3.21. The molecule has 1 heterocycles. The van der Waals surface area contributed by atoms with Gasteiger partial charge in [-0.05, 0) is 41.5 Å². The highest BCUT2D eigenvalue weighted by molar-refractivity contribution is 7.90. The highest BCUT2D eigenvalue weighted by Crippen LogP contribution is 2.28. The molecule has 3 rings (SSSR count). The Morgan fingerprint density at radius 2 is 1.71 bits per heavy atom. The van der Waals surface area contributed by atoms with E-state index in [-0.39, 0.29) is 4.90 Å². The number of carbonyl (C=O) groups excluding carboxylic acids is 1. The van der Waals surface area contributed by atoms with Crippen LogP contribution in [0.5, 0.6) is 0 Å². The molecule has 1 aromatic heterocycles. The van der Waals surface area contributed by atoms with Gasteiger partial charge < -0.3 is 4.42 Å². The fourth-order valence-corrected chi connectivity index (χ4v) is 2.89. The summed E-state index contributed by atoms with van der Waals surface area (Å²) < 4.78 is 28.2. The van der Waals surface area contributed by atoms with Gasteiger partial charge in [0.1, 0.15) is 5.58 Å². The number of sulfone groups is 1. The molecule has 4 nitrogen and oxygen atoms in total. The normalized spacial score (nSPS) is 11.7. The van der Waals surface area contributed by atoms with Crippen LogP contribution in [0.25, 0.3) is 22.1 Å². The zero-order valence-corrected chi connectivity index (χ0v) is 12.1. The minimum Gasteiger partial charge on any atom is -0.464 e. The van der Waals surface area contributed by atoms with Gasteiger partial charge in [-0.15, -0.1) is 0 Å². The van der Waals surface area contributed by atoms with Crippen molar-refractivity contribution in [1.29, 1.82) is 0 Å². The Balaban J connectivity index is 2.14. The average Bonchev–Trinajstić information content (AvgIpc) is 2.93. The van der Waals surface area contributed by atoms with Gasteiger partial charge in [-0.2, -0.15) is 0 Å². The van der Waals surface area contributed by atoms with Crippen LogP contribution in [0.15, 0.2) is 58.0 Å². The van der Waals surface area contributed by atoms with Gasteiger partial charge in [0.25, 0.3) is 0 Å². The smallest absolute Gasteiger partial charge is 0.175 e. The van der Waals surface area contributed by atoms with Crippen LogP contribution in [-0.4, -0.2) is 21.0 Å². The Morgan fingerprint density at radius 3 is 2.33 bits per heavy atom. The van der Waals surface area contributed by atoms with Crippen LogP contribution < -0.4 is 0 Å². The van der Waals surface area contributed by atoms with Crippen molar-refractivity contribution in [2.24, 2.45) is 0 Å². The van der Waals surface area contributed by atoms with Gasteiger partial charge in [0.05, 0.1) is 16.7 Å². The molecule has 0 aliphatic heterocycles. The topological polar surface area (TPSA) is 64.3 Å². The zero-order valence-electron chi connectivity index (χ0n) is 11.2. The van der Waals surface area contributed by atoms with Crippen LogP contribution in [0.2, 0.25) is 0 Å². The van der Waals surface area contributed by atoms with Crippen molar-refractivity contribution >= 4 is 27.1 Å². The van der Waals surface area contributed by atoms with Gasteiger partial charge in [0.2, 0.25) is 0 Å². The largest absolute Gasteiger partial charge is 0.464 e. The molecule has 21 heavy (non-hydrogen) atoms. The second-order valence-corrected chi connectivity index (χ2v) is 6.83. The number of fused-ring (bicyclic) bond motifs is 1. The molecule has 0 fully saturated rings. The van der Waals surface area contributed by atoms with Crippen LogP contribution in [0.4, 0.5) is 0 Å². The van der Waals surface area contributed by atoms with Crippen molar-refractivity contribution in [2.45, 2.75) is 4.90 Å². The summed E-state index contributed by atoms with van der Waals surface area (Å²) in [5, 5.41) is 0.835. The fraction of sp³-hybridized carbons (Fsp3) is 0.0625. The van der Waals surface area contributed by atoms with Gasteiger partial charge >= 0.3 is 0 Å². The Labute approximate surface area is 121 Å². The highest BCUT2D eigenvalue weighted by Gasteiger charge is 2.10. The molecule has 0 unspecified atom stereocenters. The van der Waals surface area contributed by atoms with Crippen LogP contribution >= 0.6 is 0 Å². The van der Waals surface area contributed by atoms with E-state index in [1.54, 1.807) is 36.4 Å². The Kier molecular flexibility index (Phi) is 3.14. The van der Waals surface area contributed by atoms with E-state index >= 15 is 0 Å². The Hall–Kier alpha value is -2.40. The maximum absolute atomic E-state index is 11.5. The van der Waals surface area contributed by atoms with E-state index in [2.05, 4.69) is 0 Å². The van der Waals surface area contributed by atoms with Gasteiger partial charge in [-0.3, -0.25) is 4.79 Å². The lowest BCUT2D eigenvalue weighted by molar-refractivity contribution is 0.112. The van der Waals surface area contributed by atoms with Crippen LogP contribution in [0.3, 0.4) is 0 Å². The number of benzene rings is 2. The van der Waals surface area contributed by atoms with E-state index < -0.39 is 9.84 Å². The molecular formula is C16H12O4S. The molecule has 0 radical (unpaired) electrons. The molecule has 0 atom stereocenters. The van der Waals surface area contributed by atoms with Crippen LogP contribution in [0, 0.1) is 0 Å². The third kappa shape index (κ3) is 2.48. The molecule has 3 aromatic rings. The number of rotatable bonds is 3. The van der Waals surface area contributed by atoms with Crippen molar-refractivity contribution in [3.8, 4) is 11.1 Å². The lowest BCUT2D eigenvalue weighted by Crippen LogP contribution is -1.96. The monoisotopic (exact) mass is 300 g/mol. The number of hydrogen-bond acceptors (Lipinski definition) is 4. The van der Waals surface area contributed by atoms with E-state index in [1.807, 2.05) is 6.07 Å². The molecule has 106 valence electrons. The predicted octanol–water partition coefficient (Wildman–Crippen LogP) is 3.32. The minimum absolute atomic E-state index is 0.270. The second kappa shape index (κ2) is 4.86.